The first-order valence-electron chi connectivity index (χ1n) is 13.9. The number of benzene rings is 3. The van der Waals surface area contributed by atoms with Gasteiger partial charge in [-0.25, -0.2) is 10.4 Å². The van der Waals surface area contributed by atoms with Gasteiger partial charge in [0.2, 0.25) is 5.95 Å². The Labute approximate surface area is 252 Å². The number of nitrogens with two attached hydrogens (primary N) is 1. The van der Waals surface area contributed by atoms with E-state index in [2.05, 4.69) is 25.5 Å². The molecule has 1 saturated heterocycles. The van der Waals surface area contributed by atoms with Gasteiger partial charge in [0, 0.05) is 0 Å². The summed E-state index contributed by atoms with van der Waals surface area (Å²) in [6.07, 6.45) is -1.63. The molecule has 0 saturated carbocycles. The molecule has 1 aliphatic heterocycles. The van der Waals surface area contributed by atoms with E-state index in [9.17, 15) is 15.3 Å². The monoisotopic (exact) mass is 597 g/mol. The molecule has 0 amide bonds. The van der Waals surface area contributed by atoms with Crippen LogP contribution in [0.3, 0.4) is 0 Å². The maximum absolute atomic E-state index is 10.5. The minimum absolute atomic E-state index is 0.0723. The number of hydrogen-bond donors (Lipinski definition) is 5. The van der Waals surface area contributed by atoms with Crippen molar-refractivity contribution in [1.29, 1.82) is 0 Å². The number of aliphatic hydroxyl groups is 3. The molecule has 0 radical (unpaired) electrons. The van der Waals surface area contributed by atoms with E-state index in [1.165, 1.54) is 10.9 Å². The molecule has 0 bridgehead atoms. The lowest BCUT2D eigenvalue weighted by molar-refractivity contribution is -0.0511. The second-order valence-corrected chi connectivity index (χ2v) is 10.1. The number of nitrogen functional groups attached to an aromatic ring is 1. The van der Waals surface area contributed by atoms with Crippen LogP contribution in [0.5, 0.6) is 11.5 Å². The lowest BCUT2D eigenvalue weighted by Gasteiger charge is -2.16. The third-order valence-corrected chi connectivity index (χ3v) is 7.06. The molecule has 5 aromatic rings. The largest absolute Gasteiger partial charge is 0.485 e. The zero-order chi connectivity index (χ0) is 30.5. The zero-order valence-corrected chi connectivity index (χ0v) is 23.5. The molecule has 0 aliphatic carbocycles. The summed E-state index contributed by atoms with van der Waals surface area (Å²) in [5.74, 6) is 1.30. The number of nitrogens with zero attached hydrogens (tertiary/aromatic N) is 5. The van der Waals surface area contributed by atoms with Gasteiger partial charge in [-0.1, -0.05) is 60.7 Å². The summed E-state index contributed by atoms with van der Waals surface area (Å²) in [4.78, 5) is 12.9. The Balaban J connectivity index is 1.20. The molecule has 3 heterocycles. The van der Waals surface area contributed by atoms with Crippen LogP contribution in [0, 0.1) is 0 Å². The number of rotatable bonds is 11. The van der Waals surface area contributed by atoms with Crippen LogP contribution in [0.4, 0.5) is 11.8 Å². The van der Waals surface area contributed by atoms with E-state index in [4.69, 9.17) is 19.9 Å². The topological polar surface area (TPSA) is 182 Å². The van der Waals surface area contributed by atoms with Gasteiger partial charge in [-0.3, -0.25) is 4.57 Å². The highest BCUT2D eigenvalue weighted by molar-refractivity contribution is 5.84. The van der Waals surface area contributed by atoms with Crippen molar-refractivity contribution in [3.05, 3.63) is 102 Å². The van der Waals surface area contributed by atoms with Crippen molar-refractivity contribution < 1.29 is 29.5 Å². The van der Waals surface area contributed by atoms with Gasteiger partial charge in [-0.15, -0.1) is 0 Å². The Morgan fingerprint density at radius 3 is 2.25 bits per heavy atom. The quantitative estimate of drug-likeness (QED) is 0.111. The minimum Gasteiger partial charge on any atom is -0.485 e. The molecule has 6 rings (SSSR count). The molecule has 44 heavy (non-hydrogen) atoms. The summed E-state index contributed by atoms with van der Waals surface area (Å²) >= 11 is 0. The highest BCUT2D eigenvalue weighted by atomic mass is 16.6. The number of hydrogen-bond acceptors (Lipinski definition) is 12. The second kappa shape index (κ2) is 13.1. The Morgan fingerprint density at radius 2 is 1.59 bits per heavy atom. The number of hydrazone groups is 1. The van der Waals surface area contributed by atoms with E-state index >= 15 is 0 Å². The fourth-order valence-corrected chi connectivity index (χ4v) is 4.76. The molecule has 226 valence electrons. The van der Waals surface area contributed by atoms with Crippen molar-refractivity contribution in [2.24, 2.45) is 5.10 Å². The highest BCUT2D eigenvalue weighted by Gasteiger charge is 2.44. The van der Waals surface area contributed by atoms with Gasteiger partial charge in [0.15, 0.2) is 29.2 Å². The number of aromatic nitrogens is 4. The van der Waals surface area contributed by atoms with Crippen LogP contribution in [-0.2, 0) is 18.0 Å². The van der Waals surface area contributed by atoms with Crippen LogP contribution < -0.4 is 20.6 Å². The number of nitrogens with one attached hydrogen (secondary N) is 1. The molecule has 13 nitrogen and oxygen atoms in total. The minimum atomic E-state index is -1.31. The van der Waals surface area contributed by atoms with E-state index in [0.717, 1.165) is 16.7 Å². The lowest BCUT2D eigenvalue weighted by Crippen LogP contribution is -2.33. The van der Waals surface area contributed by atoms with E-state index in [1.54, 1.807) is 6.21 Å². The van der Waals surface area contributed by atoms with Crippen molar-refractivity contribution in [3.63, 3.8) is 0 Å². The molecule has 1 aliphatic rings. The number of fused-ring (bicyclic) bond motifs is 1. The van der Waals surface area contributed by atoms with Gasteiger partial charge < -0.3 is 35.3 Å². The molecular weight excluding hydrogens is 566 g/mol. The van der Waals surface area contributed by atoms with Gasteiger partial charge in [0.25, 0.3) is 0 Å². The Kier molecular flexibility index (Phi) is 8.61. The molecular formula is C31H31N7O6. The number of aliphatic hydroxyl groups excluding tert-OH is 3. The summed E-state index contributed by atoms with van der Waals surface area (Å²) in [7, 11) is 0. The predicted octanol–water partition coefficient (Wildman–Crippen LogP) is 2.62. The number of anilines is 2. The van der Waals surface area contributed by atoms with E-state index in [-0.39, 0.29) is 22.9 Å². The third kappa shape index (κ3) is 6.31. The zero-order valence-electron chi connectivity index (χ0n) is 23.5. The van der Waals surface area contributed by atoms with Crippen LogP contribution in [0.15, 0.2) is 90.3 Å². The molecule has 1 fully saturated rings. The summed E-state index contributed by atoms with van der Waals surface area (Å²) in [6, 6.07) is 25.2. The van der Waals surface area contributed by atoms with Gasteiger partial charge >= 0.3 is 0 Å². The van der Waals surface area contributed by atoms with Crippen molar-refractivity contribution in [2.75, 3.05) is 17.8 Å². The fourth-order valence-electron chi connectivity index (χ4n) is 4.76. The summed E-state index contributed by atoms with van der Waals surface area (Å²) in [6.45, 7) is 0.286. The summed E-state index contributed by atoms with van der Waals surface area (Å²) < 4.78 is 19.3. The SMILES string of the molecule is Nc1nc(N/N=C/c2ccc(OCc3ccccc3)c(OCc3ccccc3)c2)nc2c1ncn2[C@@H]1O[C@H](CO)[C@H](O)C1O. The molecule has 3 aromatic carbocycles. The van der Waals surface area contributed by atoms with Gasteiger partial charge in [0.1, 0.15) is 37.0 Å². The molecule has 13 heteroatoms. The Bertz CT molecular complexity index is 1730. The molecule has 2 aromatic heterocycles. The maximum Gasteiger partial charge on any atom is 0.247 e. The average Bonchev–Trinajstić information content (AvgIpc) is 3.60. The molecule has 4 atom stereocenters. The molecule has 0 spiro atoms. The normalized spacial score (nSPS) is 19.9. The van der Waals surface area contributed by atoms with Crippen molar-refractivity contribution in [3.8, 4) is 11.5 Å². The van der Waals surface area contributed by atoms with Gasteiger partial charge in [0.05, 0.1) is 19.1 Å². The van der Waals surface area contributed by atoms with Crippen LogP contribution in [0.2, 0.25) is 0 Å². The predicted molar refractivity (Wildman–Crippen MR) is 162 cm³/mol. The Hall–Kier alpha value is -5.08. The van der Waals surface area contributed by atoms with Crippen molar-refractivity contribution in [2.45, 2.75) is 37.8 Å². The van der Waals surface area contributed by atoms with Gasteiger partial charge in [-0.2, -0.15) is 15.1 Å². The maximum atomic E-state index is 10.5. The second-order valence-electron chi connectivity index (χ2n) is 10.1. The van der Waals surface area contributed by atoms with Crippen LogP contribution >= 0.6 is 0 Å². The van der Waals surface area contributed by atoms with Crippen LogP contribution in [0.1, 0.15) is 22.9 Å². The lowest BCUT2D eigenvalue weighted by atomic mass is 10.1. The van der Waals surface area contributed by atoms with Crippen LogP contribution in [-0.4, -0.2) is 66.0 Å². The molecule has 1 unspecified atom stereocenters. The highest BCUT2D eigenvalue weighted by Crippen LogP contribution is 2.33. The van der Waals surface area contributed by atoms with Crippen molar-refractivity contribution in [1.82, 2.24) is 19.5 Å². The first kappa shape index (κ1) is 29.0. The van der Waals surface area contributed by atoms with Crippen LogP contribution in [0.25, 0.3) is 11.2 Å². The molecule has 6 N–H and O–H groups in total. The number of ether oxygens (including phenoxy) is 3. The Morgan fingerprint density at radius 1 is 0.909 bits per heavy atom. The van der Waals surface area contributed by atoms with Crippen molar-refractivity contribution >= 4 is 29.1 Å². The summed E-state index contributed by atoms with van der Waals surface area (Å²) in [5, 5.41) is 34.3. The average molecular weight is 598 g/mol. The van der Waals surface area contributed by atoms with Gasteiger partial charge in [-0.05, 0) is 34.9 Å². The smallest absolute Gasteiger partial charge is 0.247 e. The standard InChI is InChI=1S/C31H31N7O6/c32-28-25-29(38(18-33-25)30-27(41)26(40)24(15-39)44-30)36-31(35-28)37-34-14-21-11-12-22(42-16-19-7-3-1-4-8-19)23(13-21)43-17-20-9-5-2-6-10-20/h1-14,18,24,26-27,30,39-41H,15-17H2,(H3,32,35,36,37)/b34-14+/t24-,26+,27?,30-/m1/s1. The fraction of sp³-hybridized carbons (Fsp3) is 0.226. The van der Waals surface area contributed by atoms with E-state index < -0.39 is 31.1 Å². The first-order chi connectivity index (χ1) is 21.5. The van der Waals surface area contributed by atoms with E-state index in [0.29, 0.717) is 24.7 Å². The summed E-state index contributed by atoms with van der Waals surface area (Å²) in [5.41, 5.74) is 12.2. The first-order valence-corrected chi connectivity index (χ1v) is 13.9. The third-order valence-electron chi connectivity index (χ3n) is 7.06. The number of imidazole rings is 1. The van der Waals surface area contributed by atoms with E-state index in [1.807, 2.05) is 78.9 Å².